The molecule has 1 aliphatic carbocycles. The second-order valence-corrected chi connectivity index (χ2v) is 8.45. The summed E-state index contributed by atoms with van der Waals surface area (Å²) in [5.74, 6) is 2.04. The molecule has 0 saturated heterocycles. The molecule has 3 rings (SSSR count). The zero-order valence-corrected chi connectivity index (χ0v) is 16.0. The zero-order chi connectivity index (χ0) is 17.9. The highest BCUT2D eigenvalue weighted by atomic mass is 16.3. The summed E-state index contributed by atoms with van der Waals surface area (Å²) in [6, 6.07) is 15.0. The van der Waals surface area contributed by atoms with Crippen LogP contribution in [0.4, 0.5) is 0 Å². The van der Waals surface area contributed by atoms with E-state index in [-0.39, 0.29) is 0 Å². The van der Waals surface area contributed by atoms with Crippen LogP contribution < -0.4 is 5.32 Å². The van der Waals surface area contributed by atoms with Gasteiger partial charge >= 0.3 is 0 Å². The lowest BCUT2D eigenvalue weighted by atomic mass is 9.71. The fraction of sp³-hybridized carbons (Fsp3) is 0.565. The number of aliphatic hydroxyl groups is 1. The molecule has 0 amide bonds. The average Bonchev–Trinajstić information content (AvgIpc) is 2.62. The van der Waals surface area contributed by atoms with Crippen LogP contribution in [0, 0.1) is 17.8 Å². The molecular weight excluding hydrogens is 306 g/mol. The lowest BCUT2D eigenvalue weighted by molar-refractivity contribution is -0.0240. The molecule has 1 aliphatic rings. The van der Waals surface area contributed by atoms with E-state index >= 15 is 0 Å². The van der Waals surface area contributed by atoms with Crippen molar-refractivity contribution in [2.45, 2.75) is 58.6 Å². The second kappa shape index (κ2) is 7.88. The Morgan fingerprint density at radius 3 is 2.44 bits per heavy atom. The van der Waals surface area contributed by atoms with Crippen LogP contribution in [0.3, 0.4) is 0 Å². The molecule has 0 aromatic heterocycles. The summed E-state index contributed by atoms with van der Waals surface area (Å²) in [6.45, 7) is 8.14. The van der Waals surface area contributed by atoms with Crippen LogP contribution in [0.5, 0.6) is 0 Å². The largest absolute Gasteiger partial charge is 0.389 e. The molecule has 136 valence electrons. The molecular formula is C23H33NO. The standard InChI is InChI=1S/C23H33NO/c1-17(2)18-11-13-21(14-12-18)23(3,25)16-24-15-20-9-6-8-19-7-4-5-10-22(19)20/h4-10,17-18,21,24-25H,11-16H2,1-3H3. The number of fused-ring (bicyclic) bond motifs is 1. The highest BCUT2D eigenvalue weighted by Crippen LogP contribution is 2.38. The van der Waals surface area contributed by atoms with Crippen molar-refractivity contribution in [1.82, 2.24) is 5.32 Å². The maximum atomic E-state index is 11.0. The predicted molar refractivity (Wildman–Crippen MR) is 107 cm³/mol. The fourth-order valence-corrected chi connectivity index (χ4v) is 4.45. The zero-order valence-electron chi connectivity index (χ0n) is 16.0. The van der Waals surface area contributed by atoms with Crippen molar-refractivity contribution in [2.24, 2.45) is 17.8 Å². The molecule has 0 aliphatic heterocycles. The van der Waals surface area contributed by atoms with Gasteiger partial charge in [-0.3, -0.25) is 0 Å². The van der Waals surface area contributed by atoms with Crippen molar-refractivity contribution in [2.75, 3.05) is 6.54 Å². The number of rotatable bonds is 6. The van der Waals surface area contributed by atoms with E-state index in [1.807, 2.05) is 6.92 Å². The Morgan fingerprint density at radius 2 is 1.72 bits per heavy atom. The van der Waals surface area contributed by atoms with E-state index in [1.54, 1.807) is 0 Å². The molecule has 2 nitrogen and oxygen atoms in total. The third kappa shape index (κ3) is 4.43. The van der Waals surface area contributed by atoms with Crippen LogP contribution >= 0.6 is 0 Å². The van der Waals surface area contributed by atoms with Crippen molar-refractivity contribution >= 4 is 10.8 Å². The molecule has 2 heteroatoms. The second-order valence-electron chi connectivity index (χ2n) is 8.45. The maximum Gasteiger partial charge on any atom is 0.0771 e. The van der Waals surface area contributed by atoms with Crippen molar-refractivity contribution in [3.05, 3.63) is 48.0 Å². The molecule has 1 atom stereocenters. The first kappa shape index (κ1) is 18.4. The summed E-state index contributed by atoms with van der Waals surface area (Å²) in [6.07, 6.45) is 4.85. The van der Waals surface area contributed by atoms with Crippen molar-refractivity contribution in [3.63, 3.8) is 0 Å². The van der Waals surface area contributed by atoms with Gasteiger partial charge in [-0.05, 0) is 66.7 Å². The quantitative estimate of drug-likeness (QED) is 0.763. The van der Waals surface area contributed by atoms with Crippen LogP contribution in [0.25, 0.3) is 10.8 Å². The lowest BCUT2D eigenvalue weighted by Crippen LogP contribution is -2.45. The number of hydrogen-bond acceptors (Lipinski definition) is 2. The number of hydrogen-bond donors (Lipinski definition) is 2. The highest BCUT2D eigenvalue weighted by molar-refractivity contribution is 5.85. The third-order valence-electron chi connectivity index (χ3n) is 6.27. The van der Waals surface area contributed by atoms with E-state index in [2.05, 4.69) is 61.6 Å². The van der Waals surface area contributed by atoms with Gasteiger partial charge in [0.05, 0.1) is 5.60 Å². The van der Waals surface area contributed by atoms with Crippen LogP contribution in [0.2, 0.25) is 0 Å². The Balaban J connectivity index is 1.56. The molecule has 25 heavy (non-hydrogen) atoms. The average molecular weight is 340 g/mol. The minimum atomic E-state index is -0.619. The summed E-state index contributed by atoms with van der Waals surface area (Å²) in [5.41, 5.74) is 0.685. The topological polar surface area (TPSA) is 32.3 Å². The van der Waals surface area contributed by atoms with Crippen LogP contribution in [0.1, 0.15) is 52.0 Å². The van der Waals surface area contributed by atoms with E-state index in [9.17, 15) is 5.11 Å². The monoisotopic (exact) mass is 339 g/mol. The molecule has 2 aromatic rings. The van der Waals surface area contributed by atoms with Gasteiger partial charge < -0.3 is 10.4 Å². The van der Waals surface area contributed by atoms with Gasteiger partial charge in [-0.25, -0.2) is 0 Å². The molecule has 0 spiro atoms. The van der Waals surface area contributed by atoms with Crippen LogP contribution in [-0.4, -0.2) is 17.3 Å². The Labute approximate surface area is 152 Å². The summed E-state index contributed by atoms with van der Waals surface area (Å²) < 4.78 is 0. The molecule has 0 heterocycles. The first-order chi connectivity index (χ1) is 12.0. The molecule has 2 aromatic carbocycles. The lowest BCUT2D eigenvalue weighted by Gasteiger charge is -2.39. The maximum absolute atomic E-state index is 11.0. The van der Waals surface area contributed by atoms with E-state index in [0.717, 1.165) is 31.2 Å². The Bertz CT molecular complexity index is 678. The van der Waals surface area contributed by atoms with Gasteiger partial charge in [-0.2, -0.15) is 0 Å². The van der Waals surface area contributed by atoms with E-state index in [4.69, 9.17) is 0 Å². The van der Waals surface area contributed by atoms with Crippen molar-refractivity contribution in [3.8, 4) is 0 Å². The Kier molecular flexibility index (Phi) is 5.81. The first-order valence-electron chi connectivity index (χ1n) is 9.87. The van der Waals surface area contributed by atoms with Gasteiger partial charge in [-0.15, -0.1) is 0 Å². The van der Waals surface area contributed by atoms with Crippen molar-refractivity contribution in [1.29, 1.82) is 0 Å². The molecule has 0 bridgehead atoms. The van der Waals surface area contributed by atoms with Gasteiger partial charge in [0.2, 0.25) is 0 Å². The molecule has 1 saturated carbocycles. The Hall–Kier alpha value is -1.38. The molecule has 1 fully saturated rings. The molecule has 2 N–H and O–H groups in total. The minimum absolute atomic E-state index is 0.419. The highest BCUT2D eigenvalue weighted by Gasteiger charge is 2.35. The molecule has 0 radical (unpaired) electrons. The van der Waals surface area contributed by atoms with Gasteiger partial charge in [0.25, 0.3) is 0 Å². The summed E-state index contributed by atoms with van der Waals surface area (Å²) in [7, 11) is 0. The summed E-state index contributed by atoms with van der Waals surface area (Å²) in [4.78, 5) is 0. The van der Waals surface area contributed by atoms with E-state index < -0.39 is 5.60 Å². The number of nitrogens with one attached hydrogen (secondary N) is 1. The number of benzene rings is 2. The Morgan fingerprint density at radius 1 is 1.04 bits per heavy atom. The summed E-state index contributed by atoms with van der Waals surface area (Å²) >= 11 is 0. The normalized spacial score (nSPS) is 23.7. The third-order valence-corrected chi connectivity index (χ3v) is 6.27. The van der Waals surface area contributed by atoms with Gasteiger partial charge in [0.1, 0.15) is 0 Å². The first-order valence-corrected chi connectivity index (χ1v) is 9.87. The fourth-order valence-electron chi connectivity index (χ4n) is 4.45. The van der Waals surface area contributed by atoms with Gasteiger partial charge in [-0.1, -0.05) is 56.3 Å². The van der Waals surface area contributed by atoms with Gasteiger partial charge in [0.15, 0.2) is 0 Å². The van der Waals surface area contributed by atoms with E-state index in [1.165, 1.54) is 29.2 Å². The molecule has 1 unspecified atom stereocenters. The minimum Gasteiger partial charge on any atom is -0.389 e. The van der Waals surface area contributed by atoms with Crippen molar-refractivity contribution < 1.29 is 5.11 Å². The van der Waals surface area contributed by atoms with Gasteiger partial charge in [0, 0.05) is 13.1 Å². The van der Waals surface area contributed by atoms with Crippen LogP contribution in [-0.2, 0) is 6.54 Å². The summed E-state index contributed by atoms with van der Waals surface area (Å²) in [5, 5.41) is 17.1. The van der Waals surface area contributed by atoms with Crippen LogP contribution in [0.15, 0.2) is 42.5 Å². The predicted octanol–water partition coefficient (Wildman–Crippen LogP) is 5.14. The SMILES string of the molecule is CC(C)C1CCC(C(C)(O)CNCc2cccc3ccccc23)CC1. The smallest absolute Gasteiger partial charge is 0.0771 e. The van der Waals surface area contributed by atoms with E-state index in [0.29, 0.717) is 12.5 Å².